The summed E-state index contributed by atoms with van der Waals surface area (Å²) in [5, 5.41) is 8.86. The largest absolute Gasteiger partial charge is 0.368 e. The zero-order valence-corrected chi connectivity index (χ0v) is 17.0. The van der Waals surface area contributed by atoms with Crippen molar-refractivity contribution in [2.24, 2.45) is 0 Å². The standard InChI is InChI=1S/C22H23N7O/c1-3-29-18(11-14(2)27-29)19-26-20(28-30-19)22(9-4-10-22)17-7-5-15(6-8-17)16-12-24-21(23)25-13-16/h5-8,11-13H,3-4,9-10H2,1-2H3,(H2,23,24,25). The van der Waals surface area contributed by atoms with Gasteiger partial charge in [-0.2, -0.15) is 10.1 Å². The SMILES string of the molecule is CCn1nc(C)cc1-c1nc(C2(c3ccc(-c4cnc(N)nc4)cc3)CCC2)no1. The van der Waals surface area contributed by atoms with Crippen LogP contribution < -0.4 is 5.73 Å². The van der Waals surface area contributed by atoms with Gasteiger partial charge >= 0.3 is 0 Å². The molecule has 0 aliphatic heterocycles. The maximum absolute atomic E-state index is 5.66. The van der Waals surface area contributed by atoms with Gasteiger partial charge in [0.05, 0.1) is 11.1 Å². The molecule has 8 heteroatoms. The molecule has 1 aliphatic rings. The van der Waals surface area contributed by atoms with Crippen LogP contribution in [0.2, 0.25) is 0 Å². The number of nitrogens with two attached hydrogens (primary N) is 1. The maximum atomic E-state index is 5.66. The fourth-order valence-corrected chi connectivity index (χ4v) is 4.12. The number of aryl methyl sites for hydroxylation is 2. The van der Waals surface area contributed by atoms with Crippen molar-refractivity contribution in [2.45, 2.75) is 45.1 Å². The molecule has 152 valence electrons. The molecule has 0 saturated heterocycles. The van der Waals surface area contributed by atoms with Crippen molar-refractivity contribution in [3.05, 3.63) is 59.8 Å². The summed E-state index contributed by atoms with van der Waals surface area (Å²) in [6.45, 7) is 4.77. The Morgan fingerprint density at radius 3 is 2.47 bits per heavy atom. The van der Waals surface area contributed by atoms with Gasteiger partial charge in [-0.15, -0.1) is 0 Å². The van der Waals surface area contributed by atoms with Crippen LogP contribution in [-0.4, -0.2) is 29.9 Å². The lowest BCUT2D eigenvalue weighted by Gasteiger charge is -2.39. The first-order valence-electron chi connectivity index (χ1n) is 10.2. The second kappa shape index (κ2) is 7.05. The van der Waals surface area contributed by atoms with Crippen LogP contribution in [-0.2, 0) is 12.0 Å². The third kappa shape index (κ3) is 2.96. The van der Waals surface area contributed by atoms with E-state index in [0.29, 0.717) is 5.89 Å². The summed E-state index contributed by atoms with van der Waals surface area (Å²) in [7, 11) is 0. The van der Waals surface area contributed by atoms with E-state index in [0.717, 1.165) is 54.1 Å². The molecule has 8 nitrogen and oxygen atoms in total. The summed E-state index contributed by atoms with van der Waals surface area (Å²) in [4.78, 5) is 12.9. The van der Waals surface area contributed by atoms with Gasteiger partial charge < -0.3 is 10.3 Å². The van der Waals surface area contributed by atoms with Crippen LogP contribution in [0.3, 0.4) is 0 Å². The summed E-state index contributed by atoms with van der Waals surface area (Å²) < 4.78 is 7.56. The highest BCUT2D eigenvalue weighted by molar-refractivity contribution is 5.63. The lowest BCUT2D eigenvalue weighted by molar-refractivity contribution is 0.273. The van der Waals surface area contributed by atoms with E-state index in [-0.39, 0.29) is 11.4 Å². The molecule has 3 aromatic heterocycles. The average molecular weight is 401 g/mol. The van der Waals surface area contributed by atoms with Crippen LogP contribution in [0.5, 0.6) is 0 Å². The highest BCUT2D eigenvalue weighted by Gasteiger charge is 2.44. The van der Waals surface area contributed by atoms with Gasteiger partial charge in [0.15, 0.2) is 5.82 Å². The lowest BCUT2D eigenvalue weighted by atomic mass is 9.64. The van der Waals surface area contributed by atoms with E-state index in [1.807, 2.05) is 24.6 Å². The maximum Gasteiger partial charge on any atom is 0.276 e. The quantitative estimate of drug-likeness (QED) is 0.542. The lowest BCUT2D eigenvalue weighted by Crippen LogP contribution is -2.36. The van der Waals surface area contributed by atoms with Crippen LogP contribution in [0.25, 0.3) is 22.7 Å². The minimum atomic E-state index is -0.204. The van der Waals surface area contributed by atoms with Gasteiger partial charge in [0.2, 0.25) is 5.95 Å². The normalized spacial score (nSPS) is 15.1. The highest BCUT2D eigenvalue weighted by atomic mass is 16.5. The molecular weight excluding hydrogens is 378 g/mol. The third-order valence-electron chi connectivity index (χ3n) is 5.92. The molecule has 1 aliphatic carbocycles. The number of aromatic nitrogens is 6. The van der Waals surface area contributed by atoms with Crippen LogP contribution >= 0.6 is 0 Å². The molecule has 5 rings (SSSR count). The average Bonchev–Trinajstić information content (AvgIpc) is 3.35. The van der Waals surface area contributed by atoms with Gasteiger partial charge in [-0.25, -0.2) is 9.97 Å². The summed E-state index contributed by atoms with van der Waals surface area (Å²) in [6, 6.07) is 10.4. The zero-order valence-electron chi connectivity index (χ0n) is 17.0. The zero-order chi connectivity index (χ0) is 20.7. The molecule has 4 aromatic rings. The Hall–Kier alpha value is -3.55. The van der Waals surface area contributed by atoms with Crippen molar-refractivity contribution in [1.82, 2.24) is 29.9 Å². The molecule has 0 amide bonds. The minimum absolute atomic E-state index is 0.204. The molecular formula is C22H23N7O. The fraction of sp³-hybridized carbons (Fsp3) is 0.318. The monoisotopic (exact) mass is 401 g/mol. The summed E-state index contributed by atoms with van der Waals surface area (Å²) in [6.07, 6.45) is 6.62. The van der Waals surface area contributed by atoms with Gasteiger partial charge in [-0.1, -0.05) is 35.8 Å². The molecule has 1 saturated carbocycles. The Kier molecular flexibility index (Phi) is 4.34. The second-order valence-electron chi connectivity index (χ2n) is 7.75. The topological polar surface area (TPSA) is 109 Å². The van der Waals surface area contributed by atoms with Gasteiger partial charge in [0, 0.05) is 24.5 Å². The van der Waals surface area contributed by atoms with Crippen molar-refractivity contribution in [1.29, 1.82) is 0 Å². The molecule has 3 heterocycles. The van der Waals surface area contributed by atoms with Crippen molar-refractivity contribution in [3.8, 4) is 22.7 Å². The van der Waals surface area contributed by atoms with E-state index in [1.54, 1.807) is 12.4 Å². The molecule has 30 heavy (non-hydrogen) atoms. The summed E-state index contributed by atoms with van der Waals surface area (Å²) >= 11 is 0. The molecule has 0 radical (unpaired) electrons. The smallest absolute Gasteiger partial charge is 0.276 e. The van der Waals surface area contributed by atoms with E-state index < -0.39 is 0 Å². The Labute approximate surface area is 174 Å². The summed E-state index contributed by atoms with van der Waals surface area (Å²) in [5.41, 5.74) is 10.4. The first kappa shape index (κ1) is 18.5. The Balaban J connectivity index is 1.47. The van der Waals surface area contributed by atoms with Crippen molar-refractivity contribution < 1.29 is 4.52 Å². The van der Waals surface area contributed by atoms with E-state index >= 15 is 0 Å². The summed E-state index contributed by atoms with van der Waals surface area (Å²) in [5.74, 6) is 1.54. The van der Waals surface area contributed by atoms with E-state index in [2.05, 4.69) is 44.5 Å². The Bertz CT molecular complexity index is 1170. The number of rotatable bonds is 5. The Morgan fingerprint density at radius 1 is 1.10 bits per heavy atom. The first-order chi connectivity index (χ1) is 14.6. The van der Waals surface area contributed by atoms with Crippen molar-refractivity contribution in [3.63, 3.8) is 0 Å². The number of nitrogens with zero attached hydrogens (tertiary/aromatic N) is 6. The predicted octanol–water partition coefficient (Wildman–Crippen LogP) is 3.77. The third-order valence-corrected chi connectivity index (χ3v) is 5.92. The number of anilines is 1. The first-order valence-corrected chi connectivity index (χ1v) is 10.2. The van der Waals surface area contributed by atoms with Crippen LogP contribution in [0.1, 0.15) is 43.3 Å². The van der Waals surface area contributed by atoms with Gasteiger partial charge in [0.1, 0.15) is 5.69 Å². The number of nitrogen functional groups attached to an aromatic ring is 1. The van der Waals surface area contributed by atoms with Gasteiger partial charge in [-0.05, 0) is 43.9 Å². The molecule has 0 atom stereocenters. The van der Waals surface area contributed by atoms with E-state index in [9.17, 15) is 0 Å². The van der Waals surface area contributed by atoms with Crippen molar-refractivity contribution in [2.75, 3.05) is 5.73 Å². The van der Waals surface area contributed by atoms with Gasteiger partial charge in [-0.3, -0.25) is 4.68 Å². The van der Waals surface area contributed by atoms with Gasteiger partial charge in [0.25, 0.3) is 5.89 Å². The molecule has 2 N–H and O–H groups in total. The number of benzene rings is 1. The Morgan fingerprint density at radius 2 is 1.83 bits per heavy atom. The molecule has 1 aromatic carbocycles. The number of hydrogen-bond acceptors (Lipinski definition) is 7. The molecule has 0 unspecified atom stereocenters. The minimum Gasteiger partial charge on any atom is -0.368 e. The number of hydrogen-bond donors (Lipinski definition) is 1. The van der Waals surface area contributed by atoms with Crippen molar-refractivity contribution >= 4 is 5.95 Å². The van der Waals surface area contributed by atoms with Crippen LogP contribution in [0, 0.1) is 6.92 Å². The van der Waals surface area contributed by atoms with E-state index in [4.69, 9.17) is 15.2 Å². The molecule has 0 bridgehead atoms. The van der Waals surface area contributed by atoms with E-state index in [1.165, 1.54) is 5.56 Å². The molecule has 0 spiro atoms. The van der Waals surface area contributed by atoms with Crippen LogP contribution in [0.15, 0.2) is 47.2 Å². The second-order valence-corrected chi connectivity index (χ2v) is 7.75. The fourth-order valence-electron chi connectivity index (χ4n) is 4.12. The highest BCUT2D eigenvalue weighted by Crippen LogP contribution is 2.48. The molecule has 1 fully saturated rings. The van der Waals surface area contributed by atoms with Crippen LogP contribution in [0.4, 0.5) is 5.95 Å². The predicted molar refractivity (Wildman–Crippen MR) is 112 cm³/mol.